The maximum Gasteiger partial charge on any atom is 0.303 e. The topological polar surface area (TPSA) is 98.0 Å². The fourth-order valence-corrected chi connectivity index (χ4v) is 2.11. The first-order chi connectivity index (χ1) is 13.4. The van der Waals surface area contributed by atoms with Crippen molar-refractivity contribution in [3.8, 4) is 0 Å². The summed E-state index contributed by atoms with van der Waals surface area (Å²) in [6, 6.07) is 0. The summed E-state index contributed by atoms with van der Waals surface area (Å²) in [5.41, 5.74) is 0.688. The molecule has 0 spiro atoms. The van der Waals surface area contributed by atoms with Gasteiger partial charge in [0.15, 0.2) is 0 Å². The second-order valence-corrected chi connectivity index (χ2v) is 6.43. The third-order valence-corrected chi connectivity index (χ3v) is 3.81. The van der Waals surface area contributed by atoms with Crippen molar-refractivity contribution in [3.63, 3.8) is 0 Å². The van der Waals surface area contributed by atoms with E-state index in [0.29, 0.717) is 18.4 Å². The predicted octanol–water partition coefficient (Wildman–Crippen LogP) is 3.85. The Kier molecular flexibility index (Phi) is 15.6. The molecule has 0 aliphatic carbocycles. The molecule has 3 unspecified atom stereocenters. The minimum absolute atomic E-state index is 0.0697. The van der Waals surface area contributed by atoms with E-state index in [0.717, 1.165) is 6.42 Å². The number of hydrogen-bond donors (Lipinski definition) is 4. The lowest BCUT2D eigenvalue weighted by molar-refractivity contribution is -0.137. The van der Waals surface area contributed by atoms with Crippen LogP contribution in [0.2, 0.25) is 0 Å². The van der Waals surface area contributed by atoms with E-state index in [1.165, 1.54) is 0 Å². The van der Waals surface area contributed by atoms with Gasteiger partial charge in [-0.1, -0.05) is 73.8 Å². The Bertz CT molecular complexity index is 596. The lowest BCUT2D eigenvalue weighted by Gasteiger charge is -2.08. The van der Waals surface area contributed by atoms with Crippen LogP contribution < -0.4 is 0 Å². The van der Waals surface area contributed by atoms with Gasteiger partial charge < -0.3 is 20.4 Å². The second kappa shape index (κ2) is 16.9. The van der Waals surface area contributed by atoms with Gasteiger partial charge in [-0.25, -0.2) is 0 Å². The SMILES string of the molecule is CCC=CCC(O)C=CC=CCC(O)C=CC=CC=C(C)C(O)CCC(=O)O. The molecule has 0 saturated carbocycles. The Morgan fingerprint density at radius 1 is 0.857 bits per heavy atom. The Morgan fingerprint density at radius 3 is 2.07 bits per heavy atom. The molecule has 0 aromatic heterocycles. The number of allylic oxidation sites excluding steroid dienone is 7. The number of carbonyl (C=O) groups is 1. The third kappa shape index (κ3) is 16.0. The highest BCUT2D eigenvalue weighted by atomic mass is 16.4. The molecule has 0 aliphatic heterocycles. The van der Waals surface area contributed by atoms with Crippen LogP contribution in [0, 0.1) is 0 Å². The van der Waals surface area contributed by atoms with Gasteiger partial charge in [0, 0.05) is 6.42 Å². The molecule has 0 radical (unpaired) electrons. The average molecular weight is 391 g/mol. The van der Waals surface area contributed by atoms with Crippen LogP contribution in [0.15, 0.2) is 72.4 Å². The van der Waals surface area contributed by atoms with E-state index in [2.05, 4.69) is 0 Å². The zero-order valence-corrected chi connectivity index (χ0v) is 16.8. The largest absolute Gasteiger partial charge is 0.481 e. The lowest BCUT2D eigenvalue weighted by Crippen LogP contribution is -2.10. The Hall–Kier alpha value is -2.21. The average Bonchev–Trinajstić information content (AvgIpc) is 2.65. The summed E-state index contributed by atoms with van der Waals surface area (Å²) in [7, 11) is 0. The summed E-state index contributed by atoms with van der Waals surface area (Å²) in [5, 5.41) is 37.9. The molecule has 156 valence electrons. The first-order valence-electron chi connectivity index (χ1n) is 9.62. The van der Waals surface area contributed by atoms with Crippen molar-refractivity contribution >= 4 is 5.97 Å². The standard InChI is InChI=1S/C23H34O5/c1-3-4-7-13-20(24)15-10-6-11-16-21(25)14-9-5-8-12-19(2)22(26)17-18-23(27)28/h4-12,14-15,20-22,24-26H,3,13,16-18H2,1-2H3,(H,27,28). The molecule has 0 aliphatic rings. The van der Waals surface area contributed by atoms with E-state index in [9.17, 15) is 20.1 Å². The van der Waals surface area contributed by atoms with E-state index in [-0.39, 0.29) is 12.8 Å². The molecular formula is C23H34O5. The highest BCUT2D eigenvalue weighted by molar-refractivity contribution is 5.66. The van der Waals surface area contributed by atoms with Crippen molar-refractivity contribution in [1.82, 2.24) is 0 Å². The number of aliphatic hydroxyl groups is 3. The molecule has 0 fully saturated rings. The van der Waals surface area contributed by atoms with Crippen LogP contribution in [-0.2, 0) is 4.79 Å². The van der Waals surface area contributed by atoms with E-state index in [1.807, 2.05) is 25.2 Å². The maximum atomic E-state index is 10.5. The number of rotatable bonds is 14. The molecule has 3 atom stereocenters. The highest BCUT2D eigenvalue weighted by Gasteiger charge is 2.07. The molecule has 0 aromatic rings. The zero-order chi connectivity index (χ0) is 21.2. The lowest BCUT2D eigenvalue weighted by atomic mass is 10.1. The van der Waals surface area contributed by atoms with Crippen molar-refractivity contribution < 1.29 is 25.2 Å². The molecule has 28 heavy (non-hydrogen) atoms. The van der Waals surface area contributed by atoms with Crippen LogP contribution in [-0.4, -0.2) is 44.7 Å². The number of hydrogen-bond acceptors (Lipinski definition) is 4. The molecule has 0 heterocycles. The maximum absolute atomic E-state index is 10.5. The molecule has 0 aromatic carbocycles. The summed E-state index contributed by atoms with van der Waals surface area (Å²) >= 11 is 0. The van der Waals surface area contributed by atoms with E-state index in [4.69, 9.17) is 5.11 Å². The second-order valence-electron chi connectivity index (χ2n) is 6.43. The van der Waals surface area contributed by atoms with Crippen LogP contribution >= 0.6 is 0 Å². The van der Waals surface area contributed by atoms with Crippen molar-refractivity contribution in [2.24, 2.45) is 0 Å². The monoisotopic (exact) mass is 390 g/mol. The van der Waals surface area contributed by atoms with Gasteiger partial charge in [-0.2, -0.15) is 0 Å². The van der Waals surface area contributed by atoms with Crippen LogP contribution in [0.4, 0.5) is 0 Å². The van der Waals surface area contributed by atoms with Crippen LogP contribution in [0.1, 0.15) is 46.0 Å². The van der Waals surface area contributed by atoms with Gasteiger partial charge in [-0.3, -0.25) is 4.79 Å². The summed E-state index contributed by atoms with van der Waals surface area (Å²) < 4.78 is 0. The minimum atomic E-state index is -0.927. The van der Waals surface area contributed by atoms with Crippen molar-refractivity contribution in [2.75, 3.05) is 0 Å². The fraction of sp³-hybridized carbons (Fsp3) is 0.435. The molecule has 0 saturated heterocycles. The summed E-state index contributed by atoms with van der Waals surface area (Å²) in [6.45, 7) is 3.79. The Balaban J connectivity index is 4.17. The van der Waals surface area contributed by atoms with Crippen LogP contribution in [0.3, 0.4) is 0 Å². The molecule has 5 nitrogen and oxygen atoms in total. The summed E-state index contributed by atoms with van der Waals surface area (Å²) in [4.78, 5) is 10.5. The molecule has 0 rings (SSSR count). The molecule has 0 bridgehead atoms. The molecule has 0 amide bonds. The molecule has 4 N–H and O–H groups in total. The Labute approximate surface area is 168 Å². The molecular weight excluding hydrogens is 356 g/mol. The summed E-state index contributed by atoms with van der Waals surface area (Å²) in [6.07, 6.45) is 19.9. The first kappa shape index (κ1) is 25.8. The van der Waals surface area contributed by atoms with Crippen molar-refractivity contribution in [2.45, 2.75) is 64.3 Å². The van der Waals surface area contributed by atoms with Gasteiger partial charge in [-0.15, -0.1) is 0 Å². The van der Waals surface area contributed by atoms with Crippen molar-refractivity contribution in [3.05, 3.63) is 72.4 Å². The molecule has 5 heteroatoms. The first-order valence-corrected chi connectivity index (χ1v) is 9.62. The van der Waals surface area contributed by atoms with Gasteiger partial charge >= 0.3 is 5.97 Å². The van der Waals surface area contributed by atoms with Gasteiger partial charge in [0.2, 0.25) is 0 Å². The quantitative estimate of drug-likeness (QED) is 0.267. The number of aliphatic carboxylic acids is 1. The van der Waals surface area contributed by atoms with Crippen LogP contribution in [0.5, 0.6) is 0 Å². The third-order valence-electron chi connectivity index (χ3n) is 3.81. The normalized spacial score (nSPS) is 16.8. The van der Waals surface area contributed by atoms with Gasteiger partial charge in [0.1, 0.15) is 0 Å². The number of carboxylic acids is 1. The van der Waals surface area contributed by atoms with Crippen molar-refractivity contribution in [1.29, 1.82) is 0 Å². The Morgan fingerprint density at radius 2 is 1.46 bits per heavy atom. The van der Waals surface area contributed by atoms with Gasteiger partial charge in [0.25, 0.3) is 0 Å². The van der Waals surface area contributed by atoms with Crippen LogP contribution in [0.25, 0.3) is 0 Å². The van der Waals surface area contributed by atoms with Gasteiger partial charge in [-0.05, 0) is 38.2 Å². The van der Waals surface area contributed by atoms with E-state index in [1.54, 1.807) is 55.5 Å². The van der Waals surface area contributed by atoms with E-state index >= 15 is 0 Å². The summed E-state index contributed by atoms with van der Waals surface area (Å²) in [5.74, 6) is -0.927. The minimum Gasteiger partial charge on any atom is -0.481 e. The highest BCUT2D eigenvalue weighted by Crippen LogP contribution is 2.08. The van der Waals surface area contributed by atoms with Gasteiger partial charge in [0.05, 0.1) is 18.3 Å². The number of aliphatic hydroxyl groups excluding tert-OH is 3. The number of carboxylic acid groups (broad SMARTS) is 1. The fourth-order valence-electron chi connectivity index (χ4n) is 2.11. The zero-order valence-electron chi connectivity index (χ0n) is 16.8. The van der Waals surface area contributed by atoms with E-state index < -0.39 is 24.3 Å². The predicted molar refractivity (Wildman–Crippen MR) is 114 cm³/mol. The smallest absolute Gasteiger partial charge is 0.303 e.